The van der Waals surface area contributed by atoms with Gasteiger partial charge in [0.15, 0.2) is 0 Å². The summed E-state index contributed by atoms with van der Waals surface area (Å²) in [5.74, 6) is 0.288. The number of carbonyl (C=O) groups excluding carboxylic acids is 1. The van der Waals surface area contributed by atoms with Gasteiger partial charge in [0.25, 0.3) is 0 Å². The lowest BCUT2D eigenvalue weighted by molar-refractivity contribution is 0.218. The Morgan fingerprint density at radius 2 is 2.10 bits per heavy atom. The van der Waals surface area contributed by atoms with Gasteiger partial charge in [-0.1, -0.05) is 32.0 Å². The molecule has 0 saturated carbocycles. The molecule has 2 aromatic rings. The first-order valence-electron chi connectivity index (χ1n) is 7.32. The van der Waals surface area contributed by atoms with Crippen LogP contribution in [0.25, 0.3) is 10.9 Å². The number of aromatic nitrogens is 1. The van der Waals surface area contributed by atoms with Crippen LogP contribution in [0, 0.1) is 5.92 Å². The molecule has 0 aliphatic heterocycles. The van der Waals surface area contributed by atoms with Crippen molar-refractivity contribution in [1.29, 1.82) is 0 Å². The van der Waals surface area contributed by atoms with Crippen LogP contribution in [0.2, 0.25) is 0 Å². The van der Waals surface area contributed by atoms with Crippen molar-refractivity contribution in [3.8, 4) is 0 Å². The van der Waals surface area contributed by atoms with E-state index in [2.05, 4.69) is 15.6 Å². The highest BCUT2D eigenvalue weighted by atomic mass is 16.3. The summed E-state index contributed by atoms with van der Waals surface area (Å²) < 4.78 is 0. The maximum absolute atomic E-state index is 11.9. The van der Waals surface area contributed by atoms with E-state index in [-0.39, 0.29) is 24.6 Å². The van der Waals surface area contributed by atoms with Gasteiger partial charge in [0.2, 0.25) is 0 Å². The van der Waals surface area contributed by atoms with Gasteiger partial charge >= 0.3 is 6.03 Å². The number of H-pyrrole nitrogens is 1. The minimum atomic E-state index is -0.208. The second-order valence-electron chi connectivity index (χ2n) is 5.57. The van der Waals surface area contributed by atoms with Gasteiger partial charge in [-0.25, -0.2) is 4.79 Å². The molecule has 5 nitrogen and oxygen atoms in total. The largest absolute Gasteiger partial charge is 0.396 e. The van der Waals surface area contributed by atoms with Crippen LogP contribution in [0.1, 0.15) is 26.0 Å². The SMILES string of the molecule is CC(C)C(CCO)NC(=O)NCc1cc2ccccc2[nH]1. The number of aromatic amines is 1. The van der Waals surface area contributed by atoms with Crippen molar-refractivity contribution in [1.82, 2.24) is 15.6 Å². The summed E-state index contributed by atoms with van der Waals surface area (Å²) in [7, 11) is 0. The standard InChI is InChI=1S/C16H23N3O2/c1-11(2)14(7-8-20)19-16(21)17-10-13-9-12-5-3-4-6-15(12)18-13/h3-6,9,11,14,18,20H,7-8,10H2,1-2H3,(H2,17,19,21). The van der Waals surface area contributed by atoms with E-state index >= 15 is 0 Å². The Bertz CT molecular complexity index is 559. The van der Waals surface area contributed by atoms with E-state index in [1.54, 1.807) is 0 Å². The molecule has 0 bridgehead atoms. The highest BCUT2D eigenvalue weighted by molar-refractivity contribution is 5.80. The smallest absolute Gasteiger partial charge is 0.315 e. The third-order valence-corrected chi connectivity index (χ3v) is 3.59. The van der Waals surface area contributed by atoms with Crippen LogP contribution in [0.4, 0.5) is 4.79 Å². The maximum Gasteiger partial charge on any atom is 0.315 e. The van der Waals surface area contributed by atoms with Gasteiger partial charge in [-0.3, -0.25) is 0 Å². The number of aliphatic hydroxyl groups is 1. The summed E-state index contributed by atoms with van der Waals surface area (Å²) in [5.41, 5.74) is 2.03. The summed E-state index contributed by atoms with van der Waals surface area (Å²) in [6.07, 6.45) is 0.567. The molecule has 0 aliphatic carbocycles. The Balaban J connectivity index is 1.88. The van der Waals surface area contributed by atoms with Crippen LogP contribution >= 0.6 is 0 Å². The predicted molar refractivity (Wildman–Crippen MR) is 84.0 cm³/mol. The number of rotatable bonds is 6. The molecule has 1 unspecified atom stereocenters. The fourth-order valence-corrected chi connectivity index (χ4v) is 2.33. The van der Waals surface area contributed by atoms with E-state index in [1.807, 2.05) is 44.2 Å². The second kappa shape index (κ2) is 7.13. The molecular formula is C16H23N3O2. The summed E-state index contributed by atoms with van der Waals surface area (Å²) in [5, 5.41) is 15.9. The van der Waals surface area contributed by atoms with Gasteiger partial charge in [-0.15, -0.1) is 0 Å². The van der Waals surface area contributed by atoms with E-state index < -0.39 is 0 Å². The average Bonchev–Trinajstić information content (AvgIpc) is 2.87. The minimum absolute atomic E-state index is 0.0160. The molecule has 2 amide bonds. The molecule has 4 N–H and O–H groups in total. The zero-order valence-corrected chi connectivity index (χ0v) is 12.5. The number of amides is 2. The zero-order valence-electron chi connectivity index (χ0n) is 12.5. The Labute approximate surface area is 124 Å². The molecule has 1 heterocycles. The van der Waals surface area contributed by atoms with Gasteiger partial charge in [0, 0.05) is 23.9 Å². The van der Waals surface area contributed by atoms with Crippen LogP contribution in [-0.4, -0.2) is 28.8 Å². The van der Waals surface area contributed by atoms with Crippen LogP contribution in [0.3, 0.4) is 0 Å². The first-order chi connectivity index (χ1) is 10.1. The molecule has 5 heteroatoms. The lowest BCUT2D eigenvalue weighted by Crippen LogP contribution is -2.44. The van der Waals surface area contributed by atoms with Crippen molar-refractivity contribution in [2.24, 2.45) is 5.92 Å². The number of urea groups is 1. The number of hydrogen-bond acceptors (Lipinski definition) is 2. The fourth-order valence-electron chi connectivity index (χ4n) is 2.33. The van der Waals surface area contributed by atoms with Crippen molar-refractivity contribution in [2.45, 2.75) is 32.9 Å². The monoisotopic (exact) mass is 289 g/mol. The molecule has 0 saturated heterocycles. The molecule has 1 aromatic carbocycles. The lowest BCUT2D eigenvalue weighted by atomic mass is 10.0. The van der Waals surface area contributed by atoms with Crippen LogP contribution < -0.4 is 10.6 Å². The third-order valence-electron chi connectivity index (χ3n) is 3.59. The molecule has 2 rings (SSSR count). The molecule has 0 fully saturated rings. The van der Waals surface area contributed by atoms with Gasteiger partial charge in [0.1, 0.15) is 0 Å². The maximum atomic E-state index is 11.9. The Hall–Kier alpha value is -2.01. The van der Waals surface area contributed by atoms with Crippen molar-refractivity contribution in [3.63, 3.8) is 0 Å². The highest BCUT2D eigenvalue weighted by Crippen LogP contribution is 2.14. The van der Waals surface area contributed by atoms with Gasteiger partial charge in [0.05, 0.1) is 6.54 Å². The normalized spacial score (nSPS) is 12.6. The van der Waals surface area contributed by atoms with E-state index in [9.17, 15) is 4.79 Å². The number of nitrogens with one attached hydrogen (secondary N) is 3. The third kappa shape index (κ3) is 4.23. The molecule has 114 valence electrons. The fraction of sp³-hybridized carbons (Fsp3) is 0.438. The first kappa shape index (κ1) is 15.4. The van der Waals surface area contributed by atoms with E-state index in [0.29, 0.717) is 13.0 Å². The van der Waals surface area contributed by atoms with Gasteiger partial charge < -0.3 is 20.7 Å². The van der Waals surface area contributed by atoms with Crippen LogP contribution in [0.5, 0.6) is 0 Å². The van der Waals surface area contributed by atoms with E-state index in [0.717, 1.165) is 16.6 Å². The summed E-state index contributed by atoms with van der Waals surface area (Å²) >= 11 is 0. The number of hydrogen-bond donors (Lipinski definition) is 4. The van der Waals surface area contributed by atoms with Crippen molar-refractivity contribution in [3.05, 3.63) is 36.0 Å². The minimum Gasteiger partial charge on any atom is -0.396 e. The number of carbonyl (C=O) groups is 1. The Morgan fingerprint density at radius 3 is 2.76 bits per heavy atom. The molecule has 21 heavy (non-hydrogen) atoms. The number of para-hydroxylation sites is 1. The molecule has 0 spiro atoms. The van der Waals surface area contributed by atoms with Crippen LogP contribution in [-0.2, 0) is 6.54 Å². The quantitative estimate of drug-likeness (QED) is 0.659. The molecule has 1 atom stereocenters. The van der Waals surface area contributed by atoms with E-state index in [4.69, 9.17) is 5.11 Å². The van der Waals surface area contributed by atoms with Crippen molar-refractivity contribution < 1.29 is 9.90 Å². The van der Waals surface area contributed by atoms with Crippen LogP contribution in [0.15, 0.2) is 30.3 Å². The number of benzene rings is 1. The van der Waals surface area contributed by atoms with Crippen molar-refractivity contribution in [2.75, 3.05) is 6.61 Å². The van der Waals surface area contributed by atoms with Gasteiger partial charge in [-0.2, -0.15) is 0 Å². The lowest BCUT2D eigenvalue weighted by Gasteiger charge is -2.21. The number of fused-ring (bicyclic) bond motifs is 1. The molecule has 0 radical (unpaired) electrons. The van der Waals surface area contributed by atoms with Gasteiger partial charge in [-0.05, 0) is 29.9 Å². The molecular weight excluding hydrogens is 266 g/mol. The Kier molecular flexibility index (Phi) is 5.22. The topological polar surface area (TPSA) is 77.2 Å². The molecule has 0 aliphatic rings. The number of aliphatic hydroxyl groups excluding tert-OH is 1. The summed E-state index contributed by atoms with van der Waals surface area (Å²) in [6.45, 7) is 4.58. The first-order valence-corrected chi connectivity index (χ1v) is 7.32. The molecule has 1 aromatic heterocycles. The second-order valence-corrected chi connectivity index (χ2v) is 5.57. The van der Waals surface area contributed by atoms with Crippen molar-refractivity contribution >= 4 is 16.9 Å². The predicted octanol–water partition coefficient (Wildman–Crippen LogP) is 2.37. The average molecular weight is 289 g/mol. The zero-order chi connectivity index (χ0) is 15.2. The Morgan fingerprint density at radius 1 is 1.33 bits per heavy atom. The summed E-state index contributed by atoms with van der Waals surface area (Å²) in [4.78, 5) is 15.2. The van der Waals surface area contributed by atoms with E-state index in [1.165, 1.54) is 0 Å². The summed E-state index contributed by atoms with van der Waals surface area (Å²) in [6, 6.07) is 9.81. The highest BCUT2D eigenvalue weighted by Gasteiger charge is 2.15.